The maximum absolute atomic E-state index is 12.3. The molecule has 0 spiro atoms. The molecular weight excluding hydrogens is 213 g/mol. The largest absolute Gasteiger partial charge is 0.508 e. The minimum Gasteiger partial charge on any atom is -0.508 e. The third-order valence-electron chi connectivity index (χ3n) is 1.86. The highest BCUT2D eigenvalue weighted by atomic mass is 19.4. The molecule has 0 unspecified atom stereocenters. The number of aromatic hydroxyl groups is 2. The monoisotopic (exact) mass is 222 g/mol. The van der Waals surface area contributed by atoms with Crippen LogP contribution in [0.15, 0.2) is 12.1 Å². The van der Waals surface area contributed by atoms with Gasteiger partial charge in [0.05, 0.1) is 0 Å². The summed E-state index contributed by atoms with van der Waals surface area (Å²) < 4.78 is 36.9. The van der Waals surface area contributed by atoms with E-state index in [1.165, 1.54) is 0 Å². The van der Waals surface area contributed by atoms with E-state index in [0.717, 1.165) is 6.07 Å². The molecule has 0 atom stereocenters. The van der Waals surface area contributed by atoms with Crippen molar-refractivity contribution in [2.45, 2.75) is 12.6 Å². The third-order valence-corrected chi connectivity index (χ3v) is 1.86. The molecule has 6 heteroatoms. The van der Waals surface area contributed by atoms with E-state index in [9.17, 15) is 18.3 Å². The Morgan fingerprint density at radius 1 is 1.13 bits per heavy atom. The molecule has 0 heterocycles. The third kappa shape index (κ3) is 2.53. The van der Waals surface area contributed by atoms with Gasteiger partial charge in [-0.2, -0.15) is 13.2 Å². The van der Waals surface area contributed by atoms with Gasteiger partial charge in [0.15, 0.2) is 0 Å². The first-order valence-electron chi connectivity index (χ1n) is 4.09. The molecule has 84 valence electrons. The first kappa shape index (κ1) is 11.6. The summed E-state index contributed by atoms with van der Waals surface area (Å²) in [5.41, 5.74) is -1.43. The number of halogens is 3. The minimum absolute atomic E-state index is 0.134. The average Bonchev–Trinajstić information content (AvgIpc) is 2.09. The van der Waals surface area contributed by atoms with Crippen LogP contribution in [0.4, 0.5) is 13.2 Å². The first-order chi connectivity index (χ1) is 6.86. The van der Waals surface area contributed by atoms with Gasteiger partial charge in [0.25, 0.3) is 0 Å². The zero-order valence-electron chi connectivity index (χ0n) is 7.54. The number of aliphatic hydroxyl groups is 1. The topological polar surface area (TPSA) is 60.7 Å². The molecule has 3 nitrogen and oxygen atoms in total. The fraction of sp³-hybridized carbons (Fsp3) is 0.333. The average molecular weight is 222 g/mol. The van der Waals surface area contributed by atoms with Crippen LogP contribution in [-0.4, -0.2) is 21.9 Å². The number of aliphatic hydroxyl groups excluding tert-OH is 1. The van der Waals surface area contributed by atoms with Crippen molar-refractivity contribution in [2.24, 2.45) is 0 Å². The molecule has 0 fully saturated rings. The van der Waals surface area contributed by atoms with Crippen LogP contribution in [0.25, 0.3) is 0 Å². The summed E-state index contributed by atoms with van der Waals surface area (Å²) in [6.45, 7) is -0.408. The van der Waals surface area contributed by atoms with Gasteiger partial charge in [0.2, 0.25) is 0 Å². The number of alkyl halides is 3. The second kappa shape index (κ2) is 3.98. The van der Waals surface area contributed by atoms with Crippen molar-refractivity contribution in [3.8, 4) is 11.5 Å². The van der Waals surface area contributed by atoms with E-state index in [-0.39, 0.29) is 12.0 Å². The number of hydrogen-bond acceptors (Lipinski definition) is 3. The highest BCUT2D eigenvalue weighted by Gasteiger charge is 2.35. The molecule has 0 radical (unpaired) electrons. The molecule has 1 aromatic rings. The molecule has 0 aromatic heterocycles. The van der Waals surface area contributed by atoms with E-state index in [2.05, 4.69) is 0 Å². The molecule has 0 bridgehead atoms. The standard InChI is InChI=1S/C9H9F3O3/c10-9(11,12)7-4-6(14)3-5(1-2-13)8(7)15/h3-4,13-15H,1-2H2. The predicted molar refractivity (Wildman–Crippen MR) is 45.6 cm³/mol. The second-order valence-corrected chi connectivity index (χ2v) is 2.97. The Balaban J connectivity index is 3.28. The van der Waals surface area contributed by atoms with E-state index in [4.69, 9.17) is 10.2 Å². The molecule has 0 aliphatic rings. The summed E-state index contributed by atoms with van der Waals surface area (Å²) >= 11 is 0. The van der Waals surface area contributed by atoms with Gasteiger partial charge in [0.1, 0.15) is 17.1 Å². The SMILES string of the molecule is OCCc1cc(O)cc(C(F)(F)F)c1O. The van der Waals surface area contributed by atoms with Crippen LogP contribution in [0.3, 0.4) is 0 Å². The van der Waals surface area contributed by atoms with Crippen LogP contribution in [0.5, 0.6) is 11.5 Å². The van der Waals surface area contributed by atoms with Gasteiger partial charge < -0.3 is 15.3 Å². The Morgan fingerprint density at radius 2 is 1.73 bits per heavy atom. The van der Waals surface area contributed by atoms with E-state index >= 15 is 0 Å². The number of phenolic OH excluding ortho intramolecular Hbond substituents is 2. The number of rotatable bonds is 2. The second-order valence-electron chi connectivity index (χ2n) is 2.97. The van der Waals surface area contributed by atoms with Crippen molar-refractivity contribution in [1.29, 1.82) is 0 Å². The van der Waals surface area contributed by atoms with Gasteiger partial charge in [-0.25, -0.2) is 0 Å². The Kier molecular flexibility index (Phi) is 3.09. The van der Waals surface area contributed by atoms with E-state index in [0.29, 0.717) is 6.07 Å². The summed E-state index contributed by atoms with van der Waals surface area (Å²) in [6, 6.07) is 1.43. The van der Waals surface area contributed by atoms with E-state index < -0.39 is 29.8 Å². The van der Waals surface area contributed by atoms with Crippen molar-refractivity contribution in [3.63, 3.8) is 0 Å². The lowest BCUT2D eigenvalue weighted by Crippen LogP contribution is -2.07. The maximum Gasteiger partial charge on any atom is 0.420 e. The van der Waals surface area contributed by atoms with Crippen molar-refractivity contribution < 1.29 is 28.5 Å². The quantitative estimate of drug-likeness (QED) is 0.667. The van der Waals surface area contributed by atoms with E-state index in [1.807, 2.05) is 0 Å². The molecular formula is C9H9F3O3. The zero-order chi connectivity index (χ0) is 11.6. The lowest BCUT2D eigenvalue weighted by atomic mass is 10.1. The van der Waals surface area contributed by atoms with Gasteiger partial charge in [-0.1, -0.05) is 0 Å². The number of benzene rings is 1. The zero-order valence-corrected chi connectivity index (χ0v) is 7.54. The molecule has 0 aliphatic carbocycles. The summed E-state index contributed by atoms with van der Waals surface area (Å²) in [5, 5.41) is 26.8. The lowest BCUT2D eigenvalue weighted by Gasteiger charge is -2.12. The van der Waals surface area contributed by atoms with Gasteiger partial charge in [-0.05, 0) is 18.6 Å². The fourth-order valence-corrected chi connectivity index (χ4v) is 1.20. The number of hydrogen-bond donors (Lipinski definition) is 3. The Morgan fingerprint density at radius 3 is 2.20 bits per heavy atom. The molecule has 1 rings (SSSR count). The highest BCUT2D eigenvalue weighted by molar-refractivity contribution is 5.47. The van der Waals surface area contributed by atoms with Crippen molar-refractivity contribution in [1.82, 2.24) is 0 Å². The molecule has 0 saturated carbocycles. The molecule has 0 saturated heterocycles. The normalized spacial score (nSPS) is 11.7. The molecule has 15 heavy (non-hydrogen) atoms. The number of phenols is 2. The minimum atomic E-state index is -4.73. The molecule has 0 aliphatic heterocycles. The van der Waals surface area contributed by atoms with Crippen LogP contribution in [0, 0.1) is 0 Å². The van der Waals surface area contributed by atoms with Crippen molar-refractivity contribution in [3.05, 3.63) is 23.3 Å². The van der Waals surface area contributed by atoms with Gasteiger partial charge in [0, 0.05) is 12.2 Å². The Bertz CT molecular complexity index is 360. The highest BCUT2D eigenvalue weighted by Crippen LogP contribution is 2.39. The summed E-state index contributed by atoms with van der Waals surface area (Å²) in [5.74, 6) is -1.54. The molecule has 0 amide bonds. The van der Waals surface area contributed by atoms with Crippen LogP contribution in [0.2, 0.25) is 0 Å². The fourth-order valence-electron chi connectivity index (χ4n) is 1.20. The van der Waals surface area contributed by atoms with Crippen LogP contribution in [-0.2, 0) is 12.6 Å². The molecule has 3 N–H and O–H groups in total. The van der Waals surface area contributed by atoms with Gasteiger partial charge in [-0.3, -0.25) is 0 Å². The van der Waals surface area contributed by atoms with Crippen LogP contribution < -0.4 is 0 Å². The van der Waals surface area contributed by atoms with Crippen LogP contribution in [0.1, 0.15) is 11.1 Å². The summed E-state index contributed by atoms with van der Waals surface area (Å²) in [6.07, 6.45) is -4.88. The summed E-state index contributed by atoms with van der Waals surface area (Å²) in [7, 11) is 0. The smallest absolute Gasteiger partial charge is 0.420 e. The Hall–Kier alpha value is -1.43. The molecule has 1 aromatic carbocycles. The summed E-state index contributed by atoms with van der Waals surface area (Å²) in [4.78, 5) is 0. The van der Waals surface area contributed by atoms with Gasteiger partial charge in [-0.15, -0.1) is 0 Å². The predicted octanol–water partition coefficient (Wildman–Crippen LogP) is 1.65. The first-order valence-corrected chi connectivity index (χ1v) is 4.09. The lowest BCUT2D eigenvalue weighted by molar-refractivity contribution is -0.138. The van der Waals surface area contributed by atoms with Crippen molar-refractivity contribution >= 4 is 0 Å². The maximum atomic E-state index is 12.3. The Labute approximate surface area is 83.4 Å². The van der Waals surface area contributed by atoms with Gasteiger partial charge >= 0.3 is 6.18 Å². The van der Waals surface area contributed by atoms with Crippen molar-refractivity contribution in [2.75, 3.05) is 6.61 Å². The van der Waals surface area contributed by atoms with E-state index in [1.54, 1.807) is 0 Å². The van der Waals surface area contributed by atoms with Crippen LogP contribution >= 0.6 is 0 Å².